The van der Waals surface area contributed by atoms with Crippen LogP contribution in [-0.2, 0) is 4.79 Å². The largest absolute Gasteiger partial charge is 0.293 e. The Bertz CT molecular complexity index is 593. The molecule has 0 aliphatic heterocycles. The molecule has 1 unspecified atom stereocenters. The van der Waals surface area contributed by atoms with E-state index in [9.17, 15) is 9.59 Å². The quantitative estimate of drug-likeness (QED) is 0.607. The molecule has 1 aromatic rings. The smallest absolute Gasteiger partial charge is 0.180 e. The van der Waals surface area contributed by atoms with Gasteiger partial charge in [0.2, 0.25) is 0 Å². The minimum absolute atomic E-state index is 0.0312. The molecule has 2 rings (SSSR count). The van der Waals surface area contributed by atoms with Crippen molar-refractivity contribution in [1.29, 1.82) is 0 Å². The lowest BCUT2D eigenvalue weighted by atomic mass is 9.68. The van der Waals surface area contributed by atoms with Gasteiger partial charge in [-0.3, -0.25) is 9.59 Å². The molecule has 0 fully saturated rings. The fourth-order valence-electron chi connectivity index (χ4n) is 2.80. The molecule has 1 aliphatic carbocycles. The summed E-state index contributed by atoms with van der Waals surface area (Å²) in [6, 6.07) is 9.08. The Morgan fingerprint density at radius 3 is 2.35 bits per heavy atom. The van der Waals surface area contributed by atoms with E-state index >= 15 is 0 Å². The van der Waals surface area contributed by atoms with Crippen LogP contribution in [0.5, 0.6) is 0 Å². The van der Waals surface area contributed by atoms with E-state index in [2.05, 4.69) is 0 Å². The number of allylic oxidation sites excluding steroid dienone is 4. The first-order valence-electron chi connectivity index (χ1n) is 7.10. The molecule has 20 heavy (non-hydrogen) atoms. The highest BCUT2D eigenvalue weighted by molar-refractivity contribution is 6.22. The van der Waals surface area contributed by atoms with E-state index in [0.29, 0.717) is 18.4 Å². The van der Waals surface area contributed by atoms with Crippen LogP contribution in [-0.4, -0.2) is 11.6 Å². The van der Waals surface area contributed by atoms with Crippen molar-refractivity contribution in [2.24, 2.45) is 5.41 Å². The maximum atomic E-state index is 12.8. The highest BCUT2D eigenvalue weighted by atomic mass is 16.2. The lowest BCUT2D eigenvalue weighted by Crippen LogP contribution is -2.40. The lowest BCUT2D eigenvalue weighted by molar-refractivity contribution is -0.121. The highest BCUT2D eigenvalue weighted by Crippen LogP contribution is 2.38. The van der Waals surface area contributed by atoms with Crippen LogP contribution >= 0.6 is 0 Å². The molecule has 1 aromatic carbocycles. The summed E-state index contributed by atoms with van der Waals surface area (Å²) in [5.74, 6) is -0.128. The lowest BCUT2D eigenvalue weighted by Gasteiger charge is -2.31. The molecule has 1 aliphatic rings. The fraction of sp³-hybridized carbons (Fsp3) is 0.333. The number of hydrogen-bond acceptors (Lipinski definition) is 2. The van der Waals surface area contributed by atoms with Gasteiger partial charge in [-0.25, -0.2) is 0 Å². The molecular formula is C18H20O2. The van der Waals surface area contributed by atoms with E-state index in [-0.39, 0.29) is 11.6 Å². The van der Waals surface area contributed by atoms with E-state index < -0.39 is 5.41 Å². The van der Waals surface area contributed by atoms with E-state index in [4.69, 9.17) is 0 Å². The number of carbonyl (C=O) groups excluding carboxylic acids is 2. The topological polar surface area (TPSA) is 34.1 Å². The van der Waals surface area contributed by atoms with E-state index in [1.165, 1.54) is 0 Å². The first kappa shape index (κ1) is 14.4. The number of benzene rings is 1. The van der Waals surface area contributed by atoms with Crippen LogP contribution in [0.2, 0.25) is 0 Å². The third kappa shape index (κ3) is 2.15. The van der Waals surface area contributed by atoms with Crippen LogP contribution < -0.4 is 0 Å². The van der Waals surface area contributed by atoms with Gasteiger partial charge in [-0.1, -0.05) is 56.3 Å². The number of rotatable bonds is 4. The molecule has 0 saturated carbocycles. The Hall–Kier alpha value is -1.96. The molecule has 0 N–H and O–H groups in total. The summed E-state index contributed by atoms with van der Waals surface area (Å²) in [7, 11) is 0. The van der Waals surface area contributed by atoms with Crippen molar-refractivity contribution in [2.75, 3.05) is 0 Å². The fourth-order valence-corrected chi connectivity index (χ4v) is 2.80. The molecule has 0 heterocycles. The molecule has 0 radical (unpaired) electrons. The maximum absolute atomic E-state index is 12.8. The molecule has 0 aromatic heterocycles. The van der Waals surface area contributed by atoms with Crippen LogP contribution in [0.1, 0.15) is 44.0 Å². The standard InChI is InChI=1S/C18H20O2/c1-4-15-13(3)11-12-18(5-2,17(15)20)16(19)14-9-7-6-8-10-14/h6-12H,4-5H2,1-3H3. The van der Waals surface area contributed by atoms with Crippen molar-refractivity contribution in [2.45, 2.75) is 33.6 Å². The third-order valence-corrected chi connectivity index (χ3v) is 4.13. The Morgan fingerprint density at radius 2 is 1.80 bits per heavy atom. The van der Waals surface area contributed by atoms with Gasteiger partial charge < -0.3 is 0 Å². The molecular weight excluding hydrogens is 248 g/mol. The van der Waals surface area contributed by atoms with Crippen molar-refractivity contribution in [3.63, 3.8) is 0 Å². The van der Waals surface area contributed by atoms with Crippen molar-refractivity contribution in [1.82, 2.24) is 0 Å². The number of carbonyl (C=O) groups is 2. The van der Waals surface area contributed by atoms with E-state index in [1.54, 1.807) is 18.2 Å². The van der Waals surface area contributed by atoms with Crippen LogP contribution in [0, 0.1) is 5.41 Å². The van der Waals surface area contributed by atoms with Gasteiger partial charge in [-0.2, -0.15) is 0 Å². The van der Waals surface area contributed by atoms with Gasteiger partial charge in [0.1, 0.15) is 5.41 Å². The van der Waals surface area contributed by atoms with Crippen LogP contribution in [0.25, 0.3) is 0 Å². The van der Waals surface area contributed by atoms with Crippen LogP contribution in [0.3, 0.4) is 0 Å². The molecule has 0 saturated heterocycles. The van der Waals surface area contributed by atoms with Gasteiger partial charge in [0, 0.05) is 5.56 Å². The monoisotopic (exact) mass is 268 g/mol. The second kappa shape index (κ2) is 5.58. The maximum Gasteiger partial charge on any atom is 0.180 e. The Morgan fingerprint density at radius 1 is 1.15 bits per heavy atom. The Balaban J connectivity index is 2.50. The predicted molar refractivity (Wildman–Crippen MR) is 80.6 cm³/mol. The summed E-state index contributed by atoms with van der Waals surface area (Å²) in [6.45, 7) is 5.79. The summed E-state index contributed by atoms with van der Waals surface area (Å²) < 4.78 is 0. The second-order valence-corrected chi connectivity index (χ2v) is 5.20. The first-order valence-corrected chi connectivity index (χ1v) is 7.10. The van der Waals surface area contributed by atoms with E-state index in [0.717, 1.165) is 11.1 Å². The normalized spacial score (nSPS) is 22.2. The van der Waals surface area contributed by atoms with E-state index in [1.807, 2.05) is 45.0 Å². The molecule has 0 spiro atoms. The zero-order chi connectivity index (χ0) is 14.8. The number of ketones is 2. The summed E-state index contributed by atoms with van der Waals surface area (Å²) >= 11 is 0. The molecule has 104 valence electrons. The summed E-state index contributed by atoms with van der Waals surface area (Å²) in [5.41, 5.74) is 1.33. The third-order valence-electron chi connectivity index (χ3n) is 4.13. The van der Waals surface area contributed by atoms with Gasteiger partial charge in [0.05, 0.1) is 0 Å². The van der Waals surface area contributed by atoms with Gasteiger partial charge in [-0.05, 0) is 30.9 Å². The van der Waals surface area contributed by atoms with Gasteiger partial charge in [0.25, 0.3) is 0 Å². The van der Waals surface area contributed by atoms with Gasteiger partial charge >= 0.3 is 0 Å². The number of hydrogen-bond donors (Lipinski definition) is 0. The second-order valence-electron chi connectivity index (χ2n) is 5.20. The Labute approximate surface area is 120 Å². The minimum Gasteiger partial charge on any atom is -0.293 e. The molecule has 0 amide bonds. The van der Waals surface area contributed by atoms with Crippen molar-refractivity contribution < 1.29 is 9.59 Å². The average molecular weight is 268 g/mol. The van der Waals surface area contributed by atoms with Crippen LogP contribution in [0.15, 0.2) is 53.6 Å². The summed E-state index contributed by atoms with van der Waals surface area (Å²) in [4.78, 5) is 25.6. The average Bonchev–Trinajstić information content (AvgIpc) is 2.49. The van der Waals surface area contributed by atoms with Gasteiger partial charge in [-0.15, -0.1) is 0 Å². The van der Waals surface area contributed by atoms with Crippen molar-refractivity contribution >= 4 is 11.6 Å². The zero-order valence-corrected chi connectivity index (χ0v) is 12.3. The number of Topliss-reactive ketones (excluding diaryl/α,β-unsaturated/α-hetero) is 2. The van der Waals surface area contributed by atoms with Crippen LogP contribution in [0.4, 0.5) is 0 Å². The minimum atomic E-state index is -1.02. The molecule has 0 bridgehead atoms. The molecule has 2 heteroatoms. The Kier molecular flexibility index (Phi) is 4.03. The highest BCUT2D eigenvalue weighted by Gasteiger charge is 2.44. The predicted octanol–water partition coefficient (Wildman–Crippen LogP) is 4.13. The summed E-state index contributed by atoms with van der Waals surface area (Å²) in [5, 5.41) is 0. The first-order chi connectivity index (χ1) is 9.56. The SMILES string of the molecule is CCC1=C(C)C=CC(CC)(C(=O)c2ccccc2)C1=O. The van der Waals surface area contributed by atoms with Crippen molar-refractivity contribution in [3.8, 4) is 0 Å². The van der Waals surface area contributed by atoms with Gasteiger partial charge in [0.15, 0.2) is 11.6 Å². The van der Waals surface area contributed by atoms with Crippen molar-refractivity contribution in [3.05, 3.63) is 59.2 Å². The zero-order valence-electron chi connectivity index (χ0n) is 12.3. The summed E-state index contributed by atoms with van der Waals surface area (Å²) in [6.07, 6.45) is 4.87. The molecule has 2 nitrogen and oxygen atoms in total. The molecule has 1 atom stereocenters.